The number of nitrogens with one attached hydrogen (secondary N) is 1. The Morgan fingerprint density at radius 2 is 1.35 bits per heavy atom. The van der Waals surface area contributed by atoms with E-state index in [4.69, 9.17) is 0 Å². The van der Waals surface area contributed by atoms with Crippen molar-refractivity contribution in [3.8, 4) is 0 Å². The predicted molar refractivity (Wildman–Crippen MR) is 125 cm³/mol. The highest BCUT2D eigenvalue weighted by atomic mass is 16.2. The molecule has 1 saturated heterocycles. The monoisotopic (exact) mass is 411 g/mol. The van der Waals surface area contributed by atoms with E-state index >= 15 is 0 Å². The highest BCUT2D eigenvalue weighted by molar-refractivity contribution is 6.04. The molecule has 1 heterocycles. The van der Waals surface area contributed by atoms with E-state index in [0.29, 0.717) is 18.7 Å². The largest absolute Gasteiger partial charge is 0.368 e. The van der Waals surface area contributed by atoms with Gasteiger partial charge < -0.3 is 15.1 Å². The minimum absolute atomic E-state index is 0.0440. The standard InChI is InChI=1S/C26H25N3O2/c30-25(16-11-21-7-3-1-4-8-21)29-19-17-28(18-20-29)24-14-12-23(13-15-24)27-26(31)22-9-5-2-6-10-22/h1-16H,17-20H2,(H,27,31)/b16-11+. The number of benzene rings is 3. The number of nitrogens with zero attached hydrogens (tertiary/aromatic N) is 2. The molecule has 0 saturated carbocycles. The van der Waals surface area contributed by atoms with Crippen LogP contribution in [0.4, 0.5) is 11.4 Å². The van der Waals surface area contributed by atoms with Gasteiger partial charge in [0.05, 0.1) is 0 Å². The predicted octanol–water partition coefficient (Wildman–Crippen LogP) is 4.30. The van der Waals surface area contributed by atoms with Crippen molar-refractivity contribution in [2.24, 2.45) is 0 Å². The van der Waals surface area contributed by atoms with E-state index in [2.05, 4.69) is 10.2 Å². The molecular formula is C26H25N3O2. The fourth-order valence-electron chi connectivity index (χ4n) is 3.57. The lowest BCUT2D eigenvalue weighted by Gasteiger charge is -2.35. The number of anilines is 2. The van der Waals surface area contributed by atoms with E-state index in [1.54, 1.807) is 18.2 Å². The molecule has 1 N–H and O–H groups in total. The van der Waals surface area contributed by atoms with Gasteiger partial charge in [-0.05, 0) is 48.0 Å². The minimum atomic E-state index is -0.121. The van der Waals surface area contributed by atoms with Gasteiger partial charge in [-0.15, -0.1) is 0 Å². The molecular weight excluding hydrogens is 386 g/mol. The molecule has 5 nitrogen and oxygen atoms in total. The normalized spacial score (nSPS) is 13.9. The Hall–Kier alpha value is -3.86. The second-order valence-corrected chi connectivity index (χ2v) is 7.42. The lowest BCUT2D eigenvalue weighted by Crippen LogP contribution is -2.48. The summed E-state index contributed by atoms with van der Waals surface area (Å²) in [5.41, 5.74) is 3.50. The van der Waals surface area contributed by atoms with E-state index < -0.39 is 0 Å². The Kier molecular flexibility index (Phi) is 6.43. The quantitative estimate of drug-likeness (QED) is 0.637. The van der Waals surface area contributed by atoms with Gasteiger partial charge in [0.15, 0.2) is 0 Å². The van der Waals surface area contributed by atoms with E-state index in [1.807, 2.05) is 83.8 Å². The second-order valence-electron chi connectivity index (χ2n) is 7.42. The van der Waals surface area contributed by atoms with Gasteiger partial charge in [0.25, 0.3) is 5.91 Å². The van der Waals surface area contributed by atoms with Crippen molar-refractivity contribution in [2.75, 3.05) is 36.4 Å². The number of rotatable bonds is 5. The van der Waals surface area contributed by atoms with Crippen LogP contribution in [-0.2, 0) is 4.79 Å². The average Bonchev–Trinajstić information content (AvgIpc) is 2.84. The molecule has 1 aliphatic rings. The molecule has 0 aromatic heterocycles. The summed E-state index contributed by atoms with van der Waals surface area (Å²) in [5, 5.41) is 2.92. The Morgan fingerprint density at radius 1 is 0.742 bits per heavy atom. The average molecular weight is 412 g/mol. The summed E-state index contributed by atoms with van der Waals surface area (Å²) >= 11 is 0. The molecule has 0 bridgehead atoms. The van der Waals surface area contributed by atoms with Crippen LogP contribution in [0.25, 0.3) is 6.08 Å². The Bertz CT molecular complexity index is 1040. The first-order valence-corrected chi connectivity index (χ1v) is 10.4. The van der Waals surface area contributed by atoms with E-state index in [9.17, 15) is 9.59 Å². The van der Waals surface area contributed by atoms with Gasteiger partial charge in [-0.3, -0.25) is 9.59 Å². The molecule has 31 heavy (non-hydrogen) atoms. The number of piperazine rings is 1. The van der Waals surface area contributed by atoms with Crippen molar-refractivity contribution in [1.82, 2.24) is 4.90 Å². The number of hydrogen-bond acceptors (Lipinski definition) is 3. The van der Waals surface area contributed by atoms with Gasteiger partial charge in [0, 0.05) is 49.2 Å². The zero-order chi connectivity index (χ0) is 21.5. The Balaban J connectivity index is 1.29. The van der Waals surface area contributed by atoms with Gasteiger partial charge in [0.1, 0.15) is 0 Å². The van der Waals surface area contributed by atoms with Crippen molar-refractivity contribution in [3.63, 3.8) is 0 Å². The molecule has 0 radical (unpaired) electrons. The molecule has 4 rings (SSSR count). The Morgan fingerprint density at radius 3 is 2.00 bits per heavy atom. The van der Waals surface area contributed by atoms with Gasteiger partial charge in [-0.2, -0.15) is 0 Å². The first-order valence-electron chi connectivity index (χ1n) is 10.4. The molecule has 0 atom stereocenters. The third kappa shape index (κ3) is 5.39. The van der Waals surface area contributed by atoms with Crippen LogP contribution in [0.1, 0.15) is 15.9 Å². The van der Waals surface area contributed by atoms with Crippen LogP contribution >= 0.6 is 0 Å². The first kappa shape index (κ1) is 20.4. The summed E-state index contributed by atoms with van der Waals surface area (Å²) in [7, 11) is 0. The summed E-state index contributed by atoms with van der Waals surface area (Å²) in [6.07, 6.45) is 3.51. The third-order valence-electron chi connectivity index (χ3n) is 5.34. The van der Waals surface area contributed by atoms with Gasteiger partial charge in [0.2, 0.25) is 5.91 Å². The van der Waals surface area contributed by atoms with Crippen molar-refractivity contribution in [3.05, 3.63) is 102 Å². The van der Waals surface area contributed by atoms with E-state index in [0.717, 1.165) is 30.0 Å². The Labute approximate surface area is 182 Å². The SMILES string of the molecule is O=C(Nc1ccc(N2CCN(C(=O)/C=C/c3ccccc3)CC2)cc1)c1ccccc1. The molecule has 2 amide bonds. The van der Waals surface area contributed by atoms with Gasteiger partial charge >= 0.3 is 0 Å². The summed E-state index contributed by atoms with van der Waals surface area (Å²) in [6.45, 7) is 2.93. The van der Waals surface area contributed by atoms with Crippen LogP contribution in [0.5, 0.6) is 0 Å². The molecule has 3 aromatic carbocycles. The lowest BCUT2D eigenvalue weighted by molar-refractivity contribution is -0.126. The van der Waals surface area contributed by atoms with Crippen molar-refractivity contribution in [1.29, 1.82) is 0 Å². The number of amides is 2. The maximum Gasteiger partial charge on any atom is 0.255 e. The molecule has 3 aromatic rings. The summed E-state index contributed by atoms with van der Waals surface area (Å²) < 4.78 is 0. The fraction of sp³-hybridized carbons (Fsp3) is 0.154. The molecule has 0 unspecified atom stereocenters. The van der Waals surface area contributed by atoms with Crippen molar-refractivity contribution >= 4 is 29.3 Å². The van der Waals surface area contributed by atoms with Gasteiger partial charge in [-0.25, -0.2) is 0 Å². The molecule has 156 valence electrons. The van der Waals surface area contributed by atoms with Crippen molar-refractivity contribution in [2.45, 2.75) is 0 Å². The molecule has 1 fully saturated rings. The van der Waals surface area contributed by atoms with Crippen LogP contribution in [0.15, 0.2) is 91.0 Å². The smallest absolute Gasteiger partial charge is 0.255 e. The molecule has 0 aliphatic carbocycles. The van der Waals surface area contributed by atoms with Crippen LogP contribution in [0.3, 0.4) is 0 Å². The van der Waals surface area contributed by atoms with Crippen LogP contribution in [-0.4, -0.2) is 42.9 Å². The van der Waals surface area contributed by atoms with Gasteiger partial charge in [-0.1, -0.05) is 48.5 Å². The third-order valence-corrected chi connectivity index (χ3v) is 5.34. The summed E-state index contributed by atoms with van der Waals surface area (Å²) in [4.78, 5) is 28.9. The number of carbonyl (C=O) groups is 2. The fourth-order valence-corrected chi connectivity index (χ4v) is 3.57. The van der Waals surface area contributed by atoms with E-state index in [-0.39, 0.29) is 11.8 Å². The number of hydrogen-bond donors (Lipinski definition) is 1. The first-order chi connectivity index (χ1) is 15.2. The highest BCUT2D eigenvalue weighted by Gasteiger charge is 2.19. The maximum atomic E-state index is 12.5. The minimum Gasteiger partial charge on any atom is -0.368 e. The zero-order valence-corrected chi connectivity index (χ0v) is 17.3. The highest BCUT2D eigenvalue weighted by Crippen LogP contribution is 2.20. The topological polar surface area (TPSA) is 52.7 Å². The second kappa shape index (κ2) is 9.76. The maximum absolute atomic E-state index is 12.5. The lowest BCUT2D eigenvalue weighted by atomic mass is 10.2. The zero-order valence-electron chi connectivity index (χ0n) is 17.3. The van der Waals surface area contributed by atoms with E-state index in [1.165, 1.54) is 0 Å². The van der Waals surface area contributed by atoms with Crippen LogP contribution < -0.4 is 10.2 Å². The molecule has 1 aliphatic heterocycles. The molecule has 5 heteroatoms. The molecule has 0 spiro atoms. The van der Waals surface area contributed by atoms with Crippen LogP contribution in [0.2, 0.25) is 0 Å². The summed E-state index contributed by atoms with van der Waals surface area (Å²) in [6, 6.07) is 26.8. The summed E-state index contributed by atoms with van der Waals surface area (Å²) in [5.74, 6) is -0.0773. The van der Waals surface area contributed by atoms with Crippen LogP contribution in [0, 0.1) is 0 Å². The van der Waals surface area contributed by atoms with Crippen molar-refractivity contribution < 1.29 is 9.59 Å². The number of carbonyl (C=O) groups excluding carboxylic acids is 2.